The zero-order valence-corrected chi connectivity index (χ0v) is 15.7. The molecule has 0 aliphatic heterocycles. The first-order chi connectivity index (χ1) is 13.5. The number of amides is 1. The van der Waals surface area contributed by atoms with Crippen LogP contribution in [0.25, 0.3) is 6.08 Å². The number of nitrogens with zero attached hydrogens (tertiary/aromatic N) is 2. The summed E-state index contributed by atoms with van der Waals surface area (Å²) in [6.07, 6.45) is 7.23. The molecule has 0 aliphatic carbocycles. The molecule has 0 bridgehead atoms. The van der Waals surface area contributed by atoms with Crippen molar-refractivity contribution in [1.29, 1.82) is 0 Å². The summed E-state index contributed by atoms with van der Waals surface area (Å²) in [5.41, 5.74) is 1.14. The zero-order chi connectivity index (χ0) is 19.9. The van der Waals surface area contributed by atoms with Gasteiger partial charge in [0.25, 0.3) is 0 Å². The lowest BCUT2D eigenvalue weighted by molar-refractivity contribution is -0.117. The summed E-state index contributed by atoms with van der Waals surface area (Å²) in [5.74, 6) is 0.292. The SMILES string of the molecule is CC(NC(=O)/C=C/c1ccc(Cl)cc1F)c1cccc(Oc2cncnc2)c1. The van der Waals surface area contributed by atoms with Gasteiger partial charge in [0.15, 0.2) is 5.75 Å². The molecule has 1 N–H and O–H groups in total. The Balaban J connectivity index is 1.63. The molecule has 1 heterocycles. The van der Waals surface area contributed by atoms with Crippen LogP contribution in [-0.4, -0.2) is 15.9 Å². The molecule has 0 saturated carbocycles. The summed E-state index contributed by atoms with van der Waals surface area (Å²) in [5, 5.41) is 3.14. The lowest BCUT2D eigenvalue weighted by Crippen LogP contribution is -2.24. The first-order valence-corrected chi connectivity index (χ1v) is 8.85. The van der Waals surface area contributed by atoms with Crippen LogP contribution in [0.3, 0.4) is 0 Å². The first kappa shape index (κ1) is 19.5. The fraction of sp³-hybridized carbons (Fsp3) is 0.0952. The molecule has 5 nitrogen and oxygen atoms in total. The second kappa shape index (κ2) is 9.10. The molecular formula is C21H17ClFN3O2. The Labute approximate surface area is 166 Å². The Morgan fingerprint density at radius 2 is 1.96 bits per heavy atom. The van der Waals surface area contributed by atoms with Gasteiger partial charge in [-0.2, -0.15) is 0 Å². The fourth-order valence-electron chi connectivity index (χ4n) is 2.47. The largest absolute Gasteiger partial charge is 0.454 e. The molecule has 0 fully saturated rings. The summed E-state index contributed by atoms with van der Waals surface area (Å²) in [4.78, 5) is 20.0. The van der Waals surface area contributed by atoms with E-state index in [1.165, 1.54) is 30.6 Å². The van der Waals surface area contributed by atoms with Gasteiger partial charge in [-0.05, 0) is 42.8 Å². The number of nitrogens with one attached hydrogen (secondary N) is 1. The maximum atomic E-state index is 13.8. The third-order valence-electron chi connectivity index (χ3n) is 3.87. The van der Waals surface area contributed by atoms with Gasteiger partial charge in [0.2, 0.25) is 5.91 Å². The molecule has 0 radical (unpaired) electrons. The predicted molar refractivity (Wildman–Crippen MR) is 106 cm³/mol. The predicted octanol–water partition coefficient (Wildman–Crippen LogP) is 4.95. The molecule has 7 heteroatoms. The Kier molecular flexibility index (Phi) is 6.34. The lowest BCUT2D eigenvalue weighted by Gasteiger charge is -2.14. The van der Waals surface area contributed by atoms with Crippen molar-refractivity contribution >= 4 is 23.6 Å². The van der Waals surface area contributed by atoms with E-state index in [1.807, 2.05) is 25.1 Å². The summed E-state index contributed by atoms with van der Waals surface area (Å²) >= 11 is 5.72. The van der Waals surface area contributed by atoms with Gasteiger partial charge >= 0.3 is 0 Å². The van der Waals surface area contributed by atoms with Gasteiger partial charge in [0, 0.05) is 16.7 Å². The topological polar surface area (TPSA) is 64.1 Å². The van der Waals surface area contributed by atoms with Crippen LogP contribution in [0.4, 0.5) is 4.39 Å². The van der Waals surface area contributed by atoms with E-state index in [-0.39, 0.29) is 17.5 Å². The van der Waals surface area contributed by atoms with Crippen molar-refractivity contribution in [2.24, 2.45) is 0 Å². The van der Waals surface area contributed by atoms with Gasteiger partial charge in [0.1, 0.15) is 17.9 Å². The second-order valence-electron chi connectivity index (χ2n) is 5.98. The standard InChI is InChI=1S/C21H17ClFN3O2/c1-14(26-21(27)8-6-15-5-7-17(22)10-20(15)23)16-3-2-4-18(9-16)28-19-11-24-13-25-12-19/h2-14H,1H3,(H,26,27)/b8-6+. The van der Waals surface area contributed by atoms with E-state index in [0.29, 0.717) is 16.5 Å². The van der Waals surface area contributed by atoms with Crippen molar-refractivity contribution in [3.8, 4) is 11.5 Å². The Hall–Kier alpha value is -3.25. The summed E-state index contributed by atoms with van der Waals surface area (Å²) < 4.78 is 19.5. The molecule has 142 valence electrons. The smallest absolute Gasteiger partial charge is 0.244 e. The second-order valence-corrected chi connectivity index (χ2v) is 6.41. The molecule has 28 heavy (non-hydrogen) atoms. The monoisotopic (exact) mass is 397 g/mol. The maximum Gasteiger partial charge on any atom is 0.244 e. The average molecular weight is 398 g/mol. The number of aromatic nitrogens is 2. The molecule has 3 rings (SSSR count). The molecule has 3 aromatic rings. The van der Waals surface area contributed by atoms with E-state index in [4.69, 9.17) is 16.3 Å². The van der Waals surface area contributed by atoms with E-state index in [0.717, 1.165) is 5.56 Å². The molecule has 1 aromatic heterocycles. The van der Waals surface area contributed by atoms with Gasteiger partial charge in [-0.25, -0.2) is 14.4 Å². The average Bonchev–Trinajstić information content (AvgIpc) is 2.68. The number of hydrogen-bond acceptors (Lipinski definition) is 4. The Morgan fingerprint density at radius 3 is 2.71 bits per heavy atom. The number of carbonyl (C=O) groups excluding carboxylic acids is 1. The van der Waals surface area contributed by atoms with Gasteiger partial charge in [-0.15, -0.1) is 0 Å². The summed E-state index contributed by atoms with van der Waals surface area (Å²) in [6, 6.07) is 11.3. The highest BCUT2D eigenvalue weighted by Crippen LogP contribution is 2.23. The van der Waals surface area contributed by atoms with E-state index in [2.05, 4.69) is 15.3 Å². The van der Waals surface area contributed by atoms with Gasteiger partial charge in [0.05, 0.1) is 18.4 Å². The van der Waals surface area contributed by atoms with Crippen LogP contribution in [0.2, 0.25) is 5.02 Å². The van der Waals surface area contributed by atoms with E-state index in [1.54, 1.807) is 24.5 Å². The minimum atomic E-state index is -0.487. The Morgan fingerprint density at radius 1 is 1.18 bits per heavy atom. The van der Waals surface area contributed by atoms with Crippen LogP contribution in [0, 0.1) is 5.82 Å². The number of carbonyl (C=O) groups is 1. The molecular weight excluding hydrogens is 381 g/mol. The van der Waals surface area contributed by atoms with Crippen LogP contribution >= 0.6 is 11.6 Å². The number of ether oxygens (including phenoxy) is 1. The van der Waals surface area contributed by atoms with Crippen molar-refractivity contribution in [3.05, 3.63) is 89.2 Å². The molecule has 0 spiro atoms. The third-order valence-corrected chi connectivity index (χ3v) is 4.10. The normalized spacial score (nSPS) is 12.0. The molecule has 1 amide bonds. The minimum absolute atomic E-state index is 0.275. The molecule has 0 aliphatic rings. The zero-order valence-electron chi connectivity index (χ0n) is 15.0. The lowest BCUT2D eigenvalue weighted by atomic mass is 10.1. The van der Waals surface area contributed by atoms with Gasteiger partial charge in [-0.1, -0.05) is 29.8 Å². The van der Waals surface area contributed by atoms with E-state index >= 15 is 0 Å². The number of halogens is 2. The van der Waals surface area contributed by atoms with Crippen molar-refractivity contribution in [2.75, 3.05) is 0 Å². The van der Waals surface area contributed by atoms with Crippen molar-refractivity contribution < 1.29 is 13.9 Å². The van der Waals surface area contributed by atoms with E-state index in [9.17, 15) is 9.18 Å². The van der Waals surface area contributed by atoms with Crippen molar-refractivity contribution in [1.82, 2.24) is 15.3 Å². The molecule has 2 aromatic carbocycles. The molecule has 0 saturated heterocycles. The van der Waals surface area contributed by atoms with Gasteiger partial charge < -0.3 is 10.1 Å². The summed E-state index contributed by atoms with van der Waals surface area (Å²) in [6.45, 7) is 1.85. The highest BCUT2D eigenvalue weighted by atomic mass is 35.5. The van der Waals surface area contributed by atoms with E-state index < -0.39 is 5.82 Å². The van der Waals surface area contributed by atoms with Crippen LogP contribution in [0.5, 0.6) is 11.5 Å². The first-order valence-electron chi connectivity index (χ1n) is 8.48. The molecule has 1 unspecified atom stereocenters. The van der Waals surface area contributed by atoms with Crippen LogP contribution in [0.15, 0.2) is 67.3 Å². The molecule has 1 atom stereocenters. The van der Waals surface area contributed by atoms with Crippen LogP contribution < -0.4 is 10.1 Å². The number of hydrogen-bond donors (Lipinski definition) is 1. The van der Waals surface area contributed by atoms with Gasteiger partial charge in [-0.3, -0.25) is 4.79 Å². The highest BCUT2D eigenvalue weighted by molar-refractivity contribution is 6.30. The van der Waals surface area contributed by atoms with Crippen molar-refractivity contribution in [2.45, 2.75) is 13.0 Å². The number of rotatable bonds is 6. The maximum absolute atomic E-state index is 13.8. The fourth-order valence-corrected chi connectivity index (χ4v) is 2.63. The van der Waals surface area contributed by atoms with Crippen molar-refractivity contribution in [3.63, 3.8) is 0 Å². The summed E-state index contributed by atoms with van der Waals surface area (Å²) in [7, 11) is 0. The van der Waals surface area contributed by atoms with Crippen LogP contribution in [0.1, 0.15) is 24.1 Å². The number of benzene rings is 2. The quantitative estimate of drug-likeness (QED) is 0.597. The minimum Gasteiger partial charge on any atom is -0.454 e. The van der Waals surface area contributed by atoms with Crippen LogP contribution in [-0.2, 0) is 4.79 Å². The highest BCUT2D eigenvalue weighted by Gasteiger charge is 2.09. The third kappa shape index (κ3) is 5.37. The Bertz CT molecular complexity index is 996.